The molecule has 150 valence electrons. The van der Waals surface area contributed by atoms with Crippen molar-refractivity contribution in [2.75, 3.05) is 26.2 Å². The summed E-state index contributed by atoms with van der Waals surface area (Å²) in [4.78, 5) is 38.1. The van der Waals surface area contributed by atoms with Gasteiger partial charge in [-0.05, 0) is 12.1 Å². The molecule has 0 spiro atoms. The Morgan fingerprint density at radius 3 is 2.45 bits per heavy atom. The van der Waals surface area contributed by atoms with Gasteiger partial charge in [-0.1, -0.05) is 46.4 Å². The number of nitrogens with zero attached hydrogens (tertiary/aromatic N) is 4. The maximum atomic E-state index is 12.8. The normalized spacial score (nSPS) is 24.8. The van der Waals surface area contributed by atoms with Crippen LogP contribution in [0.15, 0.2) is 24.3 Å². The Morgan fingerprint density at radius 1 is 1.14 bits per heavy atom. The van der Waals surface area contributed by atoms with Gasteiger partial charge in [0.1, 0.15) is 10.6 Å². The first-order valence-electron chi connectivity index (χ1n) is 9.22. The SMILES string of the molecule is O=CC1(O)CC1N1CCN(C(=O)c2ccc(-c3nc4sc(Cl)nc4s3)cc2)CC1. The Hall–Kier alpha value is -1.91. The van der Waals surface area contributed by atoms with Crippen molar-refractivity contribution in [1.82, 2.24) is 19.8 Å². The highest BCUT2D eigenvalue weighted by molar-refractivity contribution is 7.29. The Labute approximate surface area is 179 Å². The second kappa shape index (κ2) is 7.10. The van der Waals surface area contributed by atoms with Crippen molar-refractivity contribution in [3.8, 4) is 10.6 Å². The lowest BCUT2D eigenvalue weighted by molar-refractivity contribution is -0.117. The van der Waals surface area contributed by atoms with Crippen LogP contribution >= 0.6 is 34.3 Å². The molecule has 1 saturated heterocycles. The molecule has 10 heteroatoms. The second-order valence-corrected chi connectivity index (χ2v) is 9.87. The number of aldehydes is 1. The van der Waals surface area contributed by atoms with Crippen LogP contribution in [0.4, 0.5) is 0 Å². The fourth-order valence-corrected chi connectivity index (χ4v) is 5.87. The number of hydrogen-bond acceptors (Lipinski definition) is 8. The number of piperazine rings is 1. The molecule has 1 aliphatic heterocycles. The molecular weight excluding hydrogens is 432 g/mol. The van der Waals surface area contributed by atoms with Crippen LogP contribution in [-0.4, -0.2) is 74.9 Å². The van der Waals surface area contributed by atoms with Gasteiger partial charge in [0.05, 0.1) is 0 Å². The van der Waals surface area contributed by atoms with Gasteiger partial charge in [0.2, 0.25) is 0 Å². The van der Waals surface area contributed by atoms with E-state index in [9.17, 15) is 14.7 Å². The molecule has 3 heterocycles. The molecule has 1 saturated carbocycles. The number of hydrogen-bond donors (Lipinski definition) is 1. The summed E-state index contributed by atoms with van der Waals surface area (Å²) in [5.74, 6) is -0.00813. The number of amides is 1. The molecule has 0 bridgehead atoms. The van der Waals surface area contributed by atoms with E-state index < -0.39 is 5.60 Å². The third kappa shape index (κ3) is 3.47. The average Bonchev–Trinajstić information content (AvgIpc) is 3.08. The zero-order valence-corrected chi connectivity index (χ0v) is 17.6. The van der Waals surface area contributed by atoms with Gasteiger partial charge in [0.15, 0.2) is 20.4 Å². The van der Waals surface area contributed by atoms with Gasteiger partial charge >= 0.3 is 0 Å². The number of thiazole rings is 2. The lowest BCUT2D eigenvalue weighted by Gasteiger charge is -2.35. The van der Waals surface area contributed by atoms with Gasteiger partial charge in [-0.15, -0.1) is 0 Å². The summed E-state index contributed by atoms with van der Waals surface area (Å²) in [6, 6.07) is 7.36. The van der Waals surface area contributed by atoms with E-state index >= 15 is 0 Å². The van der Waals surface area contributed by atoms with E-state index in [1.807, 2.05) is 29.2 Å². The second-order valence-electron chi connectivity index (χ2n) is 7.33. The Morgan fingerprint density at radius 2 is 1.83 bits per heavy atom. The number of carbonyl (C=O) groups is 2. The summed E-state index contributed by atoms with van der Waals surface area (Å²) in [6.45, 7) is 2.49. The number of carbonyl (C=O) groups excluding carboxylic acids is 2. The minimum absolute atomic E-state index is 0.00813. The van der Waals surface area contributed by atoms with Gasteiger partial charge < -0.3 is 14.8 Å². The summed E-state index contributed by atoms with van der Waals surface area (Å²) in [7, 11) is 0. The standard InChI is InChI=1S/C19H17ClN4O3S2/c20-18-22-16-15(29-18)21-14(28-16)11-1-3-12(4-2-11)17(26)24-7-5-23(6-8-24)13-9-19(13,27)10-25/h1-4,10,13,27H,5-9H2. The lowest BCUT2D eigenvalue weighted by atomic mass is 10.1. The minimum atomic E-state index is -1.19. The third-order valence-corrected chi connectivity index (χ3v) is 7.69. The molecule has 2 atom stereocenters. The number of aromatic nitrogens is 2. The predicted octanol–water partition coefficient (Wildman–Crippen LogP) is 2.53. The number of benzene rings is 1. The highest BCUT2D eigenvalue weighted by Gasteiger charge is 2.56. The quantitative estimate of drug-likeness (QED) is 0.617. The fourth-order valence-electron chi connectivity index (χ4n) is 3.74. The van der Waals surface area contributed by atoms with E-state index in [2.05, 4.69) is 14.9 Å². The first-order valence-corrected chi connectivity index (χ1v) is 11.2. The molecule has 5 rings (SSSR count). The molecule has 7 nitrogen and oxygen atoms in total. The van der Waals surface area contributed by atoms with Crippen LogP contribution in [0.2, 0.25) is 4.47 Å². The average molecular weight is 449 g/mol. The summed E-state index contributed by atoms with van der Waals surface area (Å²) < 4.78 is 0.490. The van der Waals surface area contributed by atoms with Crippen molar-refractivity contribution >= 4 is 56.1 Å². The lowest BCUT2D eigenvalue weighted by Crippen LogP contribution is -2.50. The molecule has 2 aromatic heterocycles. The van der Waals surface area contributed by atoms with E-state index in [0.717, 1.165) is 20.2 Å². The smallest absolute Gasteiger partial charge is 0.253 e. The Kier molecular flexibility index (Phi) is 4.67. The van der Waals surface area contributed by atoms with Crippen molar-refractivity contribution < 1.29 is 14.7 Å². The predicted molar refractivity (Wildman–Crippen MR) is 113 cm³/mol. The molecule has 29 heavy (non-hydrogen) atoms. The molecule has 2 aliphatic rings. The van der Waals surface area contributed by atoms with E-state index in [0.29, 0.717) is 48.9 Å². The van der Waals surface area contributed by atoms with E-state index in [1.54, 1.807) is 0 Å². The van der Waals surface area contributed by atoms with E-state index in [4.69, 9.17) is 11.6 Å². The van der Waals surface area contributed by atoms with Crippen molar-refractivity contribution in [3.05, 3.63) is 34.3 Å². The van der Waals surface area contributed by atoms with E-state index in [1.165, 1.54) is 22.7 Å². The van der Waals surface area contributed by atoms with Gasteiger partial charge in [-0.25, -0.2) is 9.97 Å². The van der Waals surface area contributed by atoms with Crippen LogP contribution in [-0.2, 0) is 4.79 Å². The van der Waals surface area contributed by atoms with Crippen LogP contribution in [0.3, 0.4) is 0 Å². The van der Waals surface area contributed by atoms with Gasteiger partial charge in [0.25, 0.3) is 5.91 Å². The minimum Gasteiger partial charge on any atom is -0.381 e. The first kappa shape index (κ1) is 19.1. The summed E-state index contributed by atoms with van der Waals surface area (Å²) in [5.41, 5.74) is 0.393. The van der Waals surface area contributed by atoms with Crippen LogP contribution in [0.1, 0.15) is 16.8 Å². The number of rotatable bonds is 4. The van der Waals surface area contributed by atoms with Crippen molar-refractivity contribution in [2.45, 2.75) is 18.1 Å². The zero-order chi connectivity index (χ0) is 20.2. The van der Waals surface area contributed by atoms with Crippen LogP contribution in [0, 0.1) is 0 Å². The van der Waals surface area contributed by atoms with E-state index in [-0.39, 0.29) is 11.9 Å². The van der Waals surface area contributed by atoms with Gasteiger partial charge in [-0.3, -0.25) is 9.69 Å². The summed E-state index contributed by atoms with van der Waals surface area (Å²) in [6.07, 6.45) is 1.12. The van der Waals surface area contributed by atoms with Crippen LogP contribution in [0.25, 0.3) is 20.2 Å². The highest BCUT2D eigenvalue weighted by atomic mass is 35.5. The molecule has 1 aromatic carbocycles. The monoisotopic (exact) mass is 448 g/mol. The zero-order valence-electron chi connectivity index (χ0n) is 15.2. The van der Waals surface area contributed by atoms with Crippen molar-refractivity contribution in [3.63, 3.8) is 0 Å². The number of aliphatic hydroxyl groups is 1. The molecule has 3 aromatic rings. The maximum Gasteiger partial charge on any atom is 0.253 e. The molecule has 2 fully saturated rings. The fraction of sp³-hybridized carbons (Fsp3) is 0.368. The number of fused-ring (bicyclic) bond motifs is 1. The molecule has 1 amide bonds. The van der Waals surface area contributed by atoms with Gasteiger partial charge in [-0.2, -0.15) is 0 Å². The first-order chi connectivity index (χ1) is 14.0. The Balaban J connectivity index is 1.24. The summed E-state index contributed by atoms with van der Waals surface area (Å²) in [5, 5.41) is 10.8. The maximum absolute atomic E-state index is 12.8. The van der Waals surface area contributed by atoms with Crippen molar-refractivity contribution in [1.29, 1.82) is 0 Å². The van der Waals surface area contributed by atoms with Gasteiger partial charge in [0, 0.05) is 49.8 Å². The van der Waals surface area contributed by atoms with Crippen molar-refractivity contribution in [2.24, 2.45) is 0 Å². The Bertz CT molecular complexity index is 1060. The van der Waals surface area contributed by atoms with Crippen LogP contribution in [0.5, 0.6) is 0 Å². The number of halogens is 1. The third-order valence-electron chi connectivity index (χ3n) is 5.51. The molecule has 2 unspecified atom stereocenters. The molecule has 1 N–H and O–H groups in total. The largest absolute Gasteiger partial charge is 0.381 e. The topological polar surface area (TPSA) is 86.6 Å². The molecule has 0 radical (unpaired) electrons. The van der Waals surface area contributed by atoms with Crippen LogP contribution < -0.4 is 0 Å². The molecular formula is C19H17ClN4O3S2. The highest BCUT2D eigenvalue weighted by Crippen LogP contribution is 2.39. The summed E-state index contributed by atoms with van der Waals surface area (Å²) >= 11 is 8.74. The molecule has 1 aliphatic carbocycles.